The van der Waals surface area contributed by atoms with Crippen LogP contribution in [0.15, 0.2) is 35.2 Å². The number of methoxy groups -OCH3 is 1. The molecule has 0 bridgehead atoms. The van der Waals surface area contributed by atoms with Crippen LogP contribution in [0.5, 0.6) is 17.2 Å². The van der Waals surface area contributed by atoms with Gasteiger partial charge in [0.25, 0.3) is 11.1 Å². The Morgan fingerprint density at radius 3 is 2.66 bits per heavy atom. The van der Waals surface area contributed by atoms with E-state index in [9.17, 15) is 9.59 Å². The number of terminal acetylenes is 1. The van der Waals surface area contributed by atoms with Gasteiger partial charge in [-0.05, 0) is 89.2 Å². The summed E-state index contributed by atoms with van der Waals surface area (Å²) in [5.41, 5.74) is 2.81. The molecule has 0 saturated carbocycles. The normalized spacial score (nSPS) is 14.6. The Hall–Kier alpha value is -2.64. The summed E-state index contributed by atoms with van der Waals surface area (Å²) >= 11 is 3.02. The molecule has 3 rings (SSSR count). The number of halogens is 1. The van der Waals surface area contributed by atoms with Crippen molar-refractivity contribution >= 4 is 51.6 Å². The van der Waals surface area contributed by atoms with Gasteiger partial charge in [-0.3, -0.25) is 14.5 Å². The zero-order valence-corrected chi connectivity index (χ0v) is 20.9. The Morgan fingerprint density at radius 2 is 1.94 bits per heavy atom. The van der Waals surface area contributed by atoms with Crippen molar-refractivity contribution in [3.8, 4) is 29.6 Å². The summed E-state index contributed by atoms with van der Waals surface area (Å²) in [7, 11) is 1.53. The smallest absolute Gasteiger partial charge is 0.293 e. The Balaban J connectivity index is 1.72. The van der Waals surface area contributed by atoms with Gasteiger partial charge >= 0.3 is 0 Å². The van der Waals surface area contributed by atoms with Crippen molar-refractivity contribution in [3.63, 3.8) is 0 Å². The molecule has 1 heterocycles. The Bertz CT molecular complexity index is 1120. The molecule has 166 valence electrons. The standard InChI is InChI=1S/C24H22INO5S/c1-5-9-31-22-18(25)12-17(13-20(22)29-4)14-21-23(27)26(24(28)32-21)8-10-30-19-11-15(2)6-7-16(19)3/h1,6-7,11-14H,8-10H2,2-4H3/b21-14-. The van der Waals surface area contributed by atoms with Gasteiger partial charge in [0, 0.05) is 0 Å². The van der Waals surface area contributed by atoms with E-state index in [-0.39, 0.29) is 30.9 Å². The van der Waals surface area contributed by atoms with Gasteiger partial charge in [-0.2, -0.15) is 0 Å². The van der Waals surface area contributed by atoms with Gasteiger partial charge < -0.3 is 14.2 Å². The maximum atomic E-state index is 12.8. The Kier molecular flexibility index (Phi) is 8.10. The fourth-order valence-electron chi connectivity index (χ4n) is 3.03. The molecule has 0 atom stereocenters. The van der Waals surface area contributed by atoms with E-state index in [2.05, 4.69) is 28.5 Å². The highest BCUT2D eigenvalue weighted by atomic mass is 127. The molecule has 1 fully saturated rings. The number of benzene rings is 2. The summed E-state index contributed by atoms with van der Waals surface area (Å²) in [6.07, 6.45) is 6.94. The maximum Gasteiger partial charge on any atom is 0.293 e. The van der Waals surface area contributed by atoms with Crippen molar-refractivity contribution in [1.29, 1.82) is 0 Å². The van der Waals surface area contributed by atoms with Crippen molar-refractivity contribution in [3.05, 3.63) is 55.5 Å². The molecule has 0 unspecified atom stereocenters. The number of amides is 2. The van der Waals surface area contributed by atoms with Gasteiger partial charge in [-0.15, -0.1) is 6.42 Å². The van der Waals surface area contributed by atoms with E-state index < -0.39 is 0 Å². The Labute approximate surface area is 205 Å². The SMILES string of the molecule is C#CCOc1c(I)cc(/C=C2\SC(=O)N(CCOc3cc(C)ccc3C)C2=O)cc1OC. The van der Waals surface area contributed by atoms with Crippen LogP contribution >= 0.6 is 34.4 Å². The summed E-state index contributed by atoms with van der Waals surface area (Å²) in [4.78, 5) is 26.8. The van der Waals surface area contributed by atoms with Crippen LogP contribution < -0.4 is 14.2 Å². The number of carbonyl (C=O) groups is 2. The third-order valence-electron chi connectivity index (χ3n) is 4.64. The van der Waals surface area contributed by atoms with E-state index in [1.54, 1.807) is 12.1 Å². The first-order valence-corrected chi connectivity index (χ1v) is 11.6. The van der Waals surface area contributed by atoms with Crippen molar-refractivity contribution in [2.45, 2.75) is 13.8 Å². The van der Waals surface area contributed by atoms with Crippen LogP contribution in [0.1, 0.15) is 16.7 Å². The predicted octanol–water partition coefficient (Wildman–Crippen LogP) is 5.04. The number of rotatable bonds is 8. The fourth-order valence-corrected chi connectivity index (χ4v) is 4.68. The molecule has 2 aromatic rings. The van der Waals surface area contributed by atoms with Crippen molar-refractivity contribution < 1.29 is 23.8 Å². The highest BCUT2D eigenvalue weighted by Crippen LogP contribution is 2.37. The number of carbonyl (C=O) groups excluding carboxylic acids is 2. The second-order valence-corrected chi connectivity index (χ2v) is 9.13. The Morgan fingerprint density at radius 1 is 1.16 bits per heavy atom. The van der Waals surface area contributed by atoms with Crippen LogP contribution in [0.3, 0.4) is 0 Å². The summed E-state index contributed by atoms with van der Waals surface area (Å²) in [5, 5.41) is -0.318. The number of thioether (sulfide) groups is 1. The third kappa shape index (κ3) is 5.58. The summed E-state index contributed by atoms with van der Waals surface area (Å²) in [6, 6.07) is 9.51. The number of ether oxygens (including phenoxy) is 3. The zero-order valence-electron chi connectivity index (χ0n) is 17.9. The number of aryl methyl sites for hydroxylation is 2. The van der Waals surface area contributed by atoms with E-state index in [0.29, 0.717) is 16.4 Å². The molecule has 1 aliphatic heterocycles. The first kappa shape index (κ1) is 24.0. The van der Waals surface area contributed by atoms with Crippen LogP contribution in [0.2, 0.25) is 0 Å². The number of hydrogen-bond donors (Lipinski definition) is 0. The lowest BCUT2D eigenvalue weighted by Gasteiger charge is -2.14. The highest BCUT2D eigenvalue weighted by Gasteiger charge is 2.35. The molecule has 2 aromatic carbocycles. The van der Waals surface area contributed by atoms with E-state index >= 15 is 0 Å². The average molecular weight is 563 g/mol. The van der Waals surface area contributed by atoms with E-state index in [1.165, 1.54) is 12.0 Å². The molecule has 2 amide bonds. The topological polar surface area (TPSA) is 65.1 Å². The minimum absolute atomic E-state index is 0.120. The first-order valence-electron chi connectivity index (χ1n) is 9.73. The monoisotopic (exact) mass is 563 g/mol. The molecule has 0 aliphatic carbocycles. The molecule has 8 heteroatoms. The van der Waals surface area contributed by atoms with Gasteiger partial charge in [0.2, 0.25) is 0 Å². The van der Waals surface area contributed by atoms with Crippen LogP contribution in [0.25, 0.3) is 6.08 Å². The summed E-state index contributed by atoms with van der Waals surface area (Å²) < 4.78 is 17.5. The third-order valence-corrected chi connectivity index (χ3v) is 6.35. The van der Waals surface area contributed by atoms with Crippen molar-refractivity contribution in [1.82, 2.24) is 4.90 Å². The number of hydrogen-bond acceptors (Lipinski definition) is 6. The van der Waals surface area contributed by atoms with Gasteiger partial charge in [-0.25, -0.2) is 0 Å². The molecule has 32 heavy (non-hydrogen) atoms. The molecule has 1 saturated heterocycles. The second-order valence-electron chi connectivity index (χ2n) is 6.98. The van der Waals surface area contributed by atoms with Gasteiger partial charge in [-0.1, -0.05) is 18.1 Å². The van der Waals surface area contributed by atoms with Crippen LogP contribution in [0.4, 0.5) is 4.79 Å². The van der Waals surface area contributed by atoms with E-state index in [4.69, 9.17) is 20.6 Å². The molecule has 0 N–H and O–H groups in total. The molecule has 1 aliphatic rings. The number of nitrogens with zero attached hydrogens (tertiary/aromatic N) is 1. The van der Waals surface area contributed by atoms with Crippen molar-refractivity contribution in [2.24, 2.45) is 0 Å². The lowest BCUT2D eigenvalue weighted by molar-refractivity contribution is -0.123. The summed E-state index contributed by atoms with van der Waals surface area (Å²) in [6.45, 7) is 4.46. The predicted molar refractivity (Wildman–Crippen MR) is 134 cm³/mol. The lowest BCUT2D eigenvalue weighted by Crippen LogP contribution is -2.32. The lowest BCUT2D eigenvalue weighted by atomic mass is 10.1. The van der Waals surface area contributed by atoms with Gasteiger partial charge in [0.05, 0.1) is 22.1 Å². The molecular formula is C24H22INO5S. The second kappa shape index (κ2) is 10.8. The average Bonchev–Trinajstić information content (AvgIpc) is 3.02. The zero-order chi connectivity index (χ0) is 23.3. The van der Waals surface area contributed by atoms with Crippen LogP contribution in [0, 0.1) is 29.8 Å². The molecule has 0 aromatic heterocycles. The minimum Gasteiger partial charge on any atom is -0.493 e. The van der Waals surface area contributed by atoms with Gasteiger partial charge in [0.1, 0.15) is 19.0 Å². The highest BCUT2D eigenvalue weighted by molar-refractivity contribution is 14.1. The largest absolute Gasteiger partial charge is 0.493 e. The van der Waals surface area contributed by atoms with Crippen molar-refractivity contribution in [2.75, 3.05) is 26.9 Å². The van der Waals surface area contributed by atoms with Gasteiger partial charge in [0.15, 0.2) is 11.5 Å². The molecule has 0 spiro atoms. The fraction of sp³-hybridized carbons (Fsp3) is 0.250. The van der Waals surface area contributed by atoms with Crippen LogP contribution in [-0.2, 0) is 4.79 Å². The maximum absolute atomic E-state index is 12.8. The van der Waals surface area contributed by atoms with E-state index in [0.717, 1.165) is 37.8 Å². The number of imide groups is 1. The minimum atomic E-state index is -0.341. The quantitative estimate of drug-likeness (QED) is 0.255. The first-order chi connectivity index (χ1) is 15.3. The van der Waals surface area contributed by atoms with Crippen LogP contribution in [-0.4, -0.2) is 42.9 Å². The molecule has 0 radical (unpaired) electrons. The molecule has 6 nitrogen and oxygen atoms in total. The summed E-state index contributed by atoms with van der Waals surface area (Å²) in [5.74, 6) is 3.87. The molecular weight excluding hydrogens is 541 g/mol. The van der Waals surface area contributed by atoms with E-state index in [1.807, 2.05) is 38.1 Å².